The van der Waals surface area contributed by atoms with Gasteiger partial charge in [-0.1, -0.05) is 18.9 Å². The molecule has 6 heteroatoms. The van der Waals surface area contributed by atoms with Gasteiger partial charge in [-0.3, -0.25) is 4.79 Å². The number of benzene rings is 1. The Morgan fingerprint density at radius 3 is 2.62 bits per heavy atom. The molecule has 21 heavy (non-hydrogen) atoms. The first-order valence-corrected chi connectivity index (χ1v) is 8.06. The number of carbonyl (C=O) groups is 1. The highest BCUT2D eigenvalue weighted by atomic mass is 32.2. The quantitative estimate of drug-likeness (QED) is 0.782. The summed E-state index contributed by atoms with van der Waals surface area (Å²) >= 11 is 0. The van der Waals surface area contributed by atoms with Crippen molar-refractivity contribution in [1.82, 2.24) is 10.0 Å². The van der Waals surface area contributed by atoms with Gasteiger partial charge in [0.15, 0.2) is 0 Å². The Bertz CT molecular complexity index is 658. The molecule has 0 bridgehead atoms. The number of sulfonamides is 1. The highest BCUT2D eigenvalue weighted by Crippen LogP contribution is 2.13. The van der Waals surface area contributed by atoms with Crippen LogP contribution in [0.15, 0.2) is 29.2 Å². The number of terminal acetylenes is 1. The molecule has 0 aliphatic carbocycles. The van der Waals surface area contributed by atoms with Crippen molar-refractivity contribution in [3.05, 3.63) is 29.8 Å². The highest BCUT2D eigenvalue weighted by Gasteiger charge is 2.20. The summed E-state index contributed by atoms with van der Waals surface area (Å²) in [6.07, 6.45) is 5.80. The lowest BCUT2D eigenvalue weighted by molar-refractivity contribution is 0.0911. The summed E-state index contributed by atoms with van der Waals surface area (Å²) < 4.78 is 26.2. The third-order valence-electron chi connectivity index (χ3n) is 3.11. The van der Waals surface area contributed by atoms with Crippen molar-refractivity contribution in [1.29, 1.82) is 0 Å². The molecule has 114 valence electrons. The van der Waals surface area contributed by atoms with Gasteiger partial charge in [0.05, 0.1) is 11.4 Å². The predicted molar refractivity (Wildman–Crippen MR) is 82.3 cm³/mol. The van der Waals surface area contributed by atoms with E-state index in [0.29, 0.717) is 5.56 Å². The van der Waals surface area contributed by atoms with Gasteiger partial charge in [-0.15, -0.1) is 6.42 Å². The van der Waals surface area contributed by atoms with Crippen LogP contribution in [0.5, 0.6) is 0 Å². The molecule has 1 rings (SSSR count). The van der Waals surface area contributed by atoms with E-state index in [1.807, 2.05) is 20.8 Å². The van der Waals surface area contributed by atoms with E-state index < -0.39 is 10.0 Å². The molecule has 0 aromatic heterocycles. The van der Waals surface area contributed by atoms with Gasteiger partial charge in [0, 0.05) is 11.1 Å². The average Bonchev–Trinajstić information content (AvgIpc) is 2.45. The van der Waals surface area contributed by atoms with Crippen LogP contribution in [0, 0.1) is 12.3 Å². The lowest BCUT2D eigenvalue weighted by Gasteiger charge is -2.24. The zero-order valence-corrected chi connectivity index (χ0v) is 13.3. The van der Waals surface area contributed by atoms with Gasteiger partial charge in [0.25, 0.3) is 5.91 Å². The third kappa shape index (κ3) is 4.88. The predicted octanol–water partition coefficient (Wildman–Crippen LogP) is 1.52. The molecule has 1 amide bonds. The molecule has 0 fully saturated rings. The first kappa shape index (κ1) is 17.2. The highest BCUT2D eigenvalue weighted by molar-refractivity contribution is 7.89. The minimum absolute atomic E-state index is 0.0136. The Kier molecular flexibility index (Phi) is 5.53. The van der Waals surface area contributed by atoms with E-state index in [-0.39, 0.29) is 22.9 Å². The number of hydrogen-bond donors (Lipinski definition) is 2. The van der Waals surface area contributed by atoms with Crippen molar-refractivity contribution in [2.75, 3.05) is 6.54 Å². The maximum atomic E-state index is 12.2. The van der Waals surface area contributed by atoms with E-state index in [1.165, 1.54) is 18.2 Å². The Hall–Kier alpha value is -1.84. The summed E-state index contributed by atoms with van der Waals surface area (Å²) in [5.41, 5.74) is -0.0617. The van der Waals surface area contributed by atoms with Crippen molar-refractivity contribution in [3.63, 3.8) is 0 Å². The van der Waals surface area contributed by atoms with Crippen LogP contribution in [0.4, 0.5) is 0 Å². The lowest BCUT2D eigenvalue weighted by Crippen LogP contribution is -2.42. The van der Waals surface area contributed by atoms with Crippen molar-refractivity contribution in [2.24, 2.45) is 0 Å². The molecule has 5 nitrogen and oxygen atoms in total. The maximum absolute atomic E-state index is 12.2. The molecule has 0 atom stereocenters. The first-order valence-electron chi connectivity index (χ1n) is 6.57. The van der Waals surface area contributed by atoms with Crippen LogP contribution >= 0.6 is 0 Å². The van der Waals surface area contributed by atoms with Crippen molar-refractivity contribution in [2.45, 2.75) is 37.6 Å². The molecule has 0 aliphatic rings. The smallest absolute Gasteiger partial charge is 0.251 e. The fraction of sp³-hybridized carbons (Fsp3) is 0.400. The summed E-state index contributed by atoms with van der Waals surface area (Å²) in [4.78, 5) is 12.2. The first-order chi connectivity index (χ1) is 9.72. The average molecular weight is 308 g/mol. The van der Waals surface area contributed by atoms with Crippen LogP contribution in [0.3, 0.4) is 0 Å². The molecule has 0 spiro atoms. The van der Waals surface area contributed by atoms with E-state index >= 15 is 0 Å². The largest absolute Gasteiger partial charge is 0.347 e. The third-order valence-corrected chi connectivity index (χ3v) is 4.51. The lowest BCUT2D eigenvalue weighted by atomic mass is 10.0. The second-order valence-electron chi connectivity index (χ2n) is 5.25. The summed E-state index contributed by atoms with van der Waals surface area (Å²) in [5.74, 6) is 1.89. The topological polar surface area (TPSA) is 75.3 Å². The Morgan fingerprint density at radius 2 is 2.05 bits per heavy atom. The monoisotopic (exact) mass is 308 g/mol. The zero-order chi connectivity index (χ0) is 16.1. The Morgan fingerprint density at radius 1 is 1.38 bits per heavy atom. The van der Waals surface area contributed by atoms with Crippen molar-refractivity contribution < 1.29 is 13.2 Å². The summed E-state index contributed by atoms with van der Waals surface area (Å²) in [6, 6.07) is 5.85. The molecule has 0 radical (unpaired) electrons. The fourth-order valence-electron chi connectivity index (χ4n) is 1.49. The molecule has 1 aromatic rings. The van der Waals surface area contributed by atoms with Gasteiger partial charge in [0.2, 0.25) is 10.0 Å². The van der Waals surface area contributed by atoms with Crippen LogP contribution in [-0.2, 0) is 10.0 Å². The maximum Gasteiger partial charge on any atom is 0.251 e. The van der Waals surface area contributed by atoms with Gasteiger partial charge in [-0.2, -0.15) is 4.72 Å². The SMILES string of the molecule is C#CCNS(=O)(=O)c1cccc(C(=O)NC(C)(C)CC)c1. The zero-order valence-electron chi connectivity index (χ0n) is 12.4. The molecule has 2 N–H and O–H groups in total. The molecule has 0 unspecified atom stereocenters. The molecule has 0 aliphatic heterocycles. The van der Waals surface area contributed by atoms with Gasteiger partial charge >= 0.3 is 0 Å². The summed E-state index contributed by atoms with van der Waals surface area (Å²) in [7, 11) is -3.70. The minimum atomic E-state index is -3.70. The molecular weight excluding hydrogens is 288 g/mol. The van der Waals surface area contributed by atoms with Crippen molar-refractivity contribution in [3.8, 4) is 12.3 Å². The van der Waals surface area contributed by atoms with Crippen LogP contribution in [-0.4, -0.2) is 26.4 Å². The summed E-state index contributed by atoms with van der Waals surface area (Å²) in [6.45, 7) is 5.67. The van der Waals surface area contributed by atoms with Gasteiger partial charge in [-0.05, 0) is 38.5 Å². The van der Waals surface area contributed by atoms with Gasteiger partial charge in [0.1, 0.15) is 0 Å². The molecule has 0 heterocycles. The van der Waals surface area contributed by atoms with Crippen molar-refractivity contribution >= 4 is 15.9 Å². The second kappa shape index (κ2) is 6.74. The number of rotatable bonds is 6. The Labute approximate surface area is 126 Å². The van der Waals surface area contributed by atoms with Crippen LogP contribution < -0.4 is 10.0 Å². The molecular formula is C15H20N2O3S. The van der Waals surface area contributed by atoms with E-state index in [9.17, 15) is 13.2 Å². The van der Waals surface area contributed by atoms with Crippen LogP contribution in [0.2, 0.25) is 0 Å². The molecule has 1 aromatic carbocycles. The number of nitrogens with one attached hydrogen (secondary N) is 2. The second-order valence-corrected chi connectivity index (χ2v) is 7.02. The molecule has 0 saturated carbocycles. The molecule has 0 saturated heterocycles. The number of carbonyl (C=O) groups excluding carboxylic acids is 1. The summed E-state index contributed by atoms with van der Waals surface area (Å²) in [5, 5.41) is 2.86. The fourth-order valence-corrected chi connectivity index (χ4v) is 2.47. The standard InChI is InChI=1S/C15H20N2O3S/c1-5-10-16-21(19,20)13-9-7-8-12(11-13)14(18)17-15(3,4)6-2/h1,7-9,11,16H,6,10H2,2-4H3,(H,17,18). The Balaban J connectivity index is 3.01. The van der Waals surface area contributed by atoms with Crippen LogP contribution in [0.25, 0.3) is 0 Å². The van der Waals surface area contributed by atoms with E-state index in [2.05, 4.69) is 16.0 Å². The van der Waals surface area contributed by atoms with Gasteiger partial charge < -0.3 is 5.32 Å². The normalized spacial score (nSPS) is 11.7. The van der Waals surface area contributed by atoms with E-state index in [4.69, 9.17) is 6.42 Å². The number of amides is 1. The minimum Gasteiger partial charge on any atom is -0.347 e. The number of hydrogen-bond acceptors (Lipinski definition) is 3. The van der Waals surface area contributed by atoms with Gasteiger partial charge in [-0.25, -0.2) is 8.42 Å². The van der Waals surface area contributed by atoms with Crippen LogP contribution in [0.1, 0.15) is 37.6 Å². The van der Waals surface area contributed by atoms with E-state index in [0.717, 1.165) is 6.42 Å². The van der Waals surface area contributed by atoms with E-state index in [1.54, 1.807) is 6.07 Å².